The van der Waals surface area contributed by atoms with Gasteiger partial charge in [-0.2, -0.15) is 9.64 Å². The minimum absolute atomic E-state index is 0.109. The molecule has 0 aliphatic heterocycles. The first-order chi connectivity index (χ1) is 9.82. The number of nitrogens with one attached hydrogen (secondary N) is 1. The molecule has 1 atom stereocenters. The quantitative estimate of drug-likeness (QED) is 0.922. The number of hydrogen-bond donors (Lipinski definition) is 1. The molecule has 21 heavy (non-hydrogen) atoms. The van der Waals surface area contributed by atoms with Crippen molar-refractivity contribution in [2.75, 3.05) is 11.6 Å². The predicted octanol–water partition coefficient (Wildman–Crippen LogP) is 3.24. The van der Waals surface area contributed by atoms with Gasteiger partial charge in [0.05, 0.1) is 4.90 Å². The Hall–Kier alpha value is -1.62. The van der Waals surface area contributed by atoms with E-state index in [9.17, 15) is 8.42 Å². The van der Waals surface area contributed by atoms with E-state index in [-0.39, 0.29) is 16.1 Å². The van der Waals surface area contributed by atoms with E-state index in [1.165, 1.54) is 6.26 Å². The molecule has 0 saturated carbocycles. The molecule has 0 radical (unpaired) electrons. The van der Waals surface area contributed by atoms with Crippen LogP contribution in [0.15, 0.2) is 29.2 Å². The van der Waals surface area contributed by atoms with Gasteiger partial charge in [-0.1, -0.05) is 23.7 Å². The summed E-state index contributed by atoms with van der Waals surface area (Å²) in [4.78, 5) is 0.275. The summed E-state index contributed by atoms with van der Waals surface area (Å²) >= 11 is 6.94. The van der Waals surface area contributed by atoms with Crippen LogP contribution in [0.5, 0.6) is 0 Å². The maximum atomic E-state index is 11.4. The molecule has 0 bridgehead atoms. The molecule has 5 nitrogen and oxygen atoms in total. The van der Waals surface area contributed by atoms with Crippen molar-refractivity contribution in [3.63, 3.8) is 0 Å². The van der Waals surface area contributed by atoms with E-state index in [1.807, 2.05) is 13.0 Å². The van der Waals surface area contributed by atoms with E-state index in [4.69, 9.17) is 16.9 Å². The predicted molar refractivity (Wildman–Crippen MR) is 83.4 cm³/mol. The molecule has 0 unspecified atom stereocenters. The second-order valence-electron chi connectivity index (χ2n) is 4.50. The van der Waals surface area contributed by atoms with Crippen LogP contribution in [0.2, 0.25) is 5.15 Å². The highest BCUT2D eigenvalue weighted by Crippen LogP contribution is 2.30. The lowest BCUT2D eigenvalue weighted by Crippen LogP contribution is -2.07. The molecule has 0 aliphatic carbocycles. The Balaban J connectivity index is 2.21. The van der Waals surface area contributed by atoms with Crippen LogP contribution < -0.4 is 5.32 Å². The first-order valence-electron chi connectivity index (χ1n) is 5.94. The third-order valence-corrected chi connectivity index (χ3v) is 5.20. The number of hydrogen-bond acceptors (Lipinski definition) is 6. The zero-order chi connectivity index (χ0) is 15.6. The van der Waals surface area contributed by atoms with E-state index in [1.54, 1.807) is 24.3 Å². The third kappa shape index (κ3) is 3.53. The summed E-state index contributed by atoms with van der Waals surface area (Å²) in [6.45, 7) is 1.91. The molecule has 0 aliphatic rings. The van der Waals surface area contributed by atoms with E-state index in [2.05, 4.69) is 9.69 Å². The normalized spacial score (nSPS) is 12.7. The van der Waals surface area contributed by atoms with E-state index in [0.29, 0.717) is 10.6 Å². The average molecular weight is 342 g/mol. The minimum atomic E-state index is -3.20. The smallest absolute Gasteiger partial charge is 0.175 e. The van der Waals surface area contributed by atoms with Crippen molar-refractivity contribution >= 4 is 38.0 Å². The van der Waals surface area contributed by atoms with Gasteiger partial charge in [-0.15, -0.1) is 0 Å². The van der Waals surface area contributed by atoms with Crippen LogP contribution in [-0.2, 0) is 9.84 Å². The van der Waals surface area contributed by atoms with Crippen LogP contribution in [0.1, 0.15) is 24.1 Å². The third-order valence-electron chi connectivity index (χ3n) is 2.92. The SMILES string of the molecule is C[C@H](Nc1snc(Cl)c1C#N)c1ccc(S(C)(=O)=O)cc1. The van der Waals surface area contributed by atoms with E-state index >= 15 is 0 Å². The van der Waals surface area contributed by atoms with Crippen LogP contribution >= 0.6 is 23.1 Å². The Bertz CT molecular complexity index is 792. The molecule has 1 aromatic carbocycles. The van der Waals surface area contributed by atoms with E-state index < -0.39 is 9.84 Å². The number of anilines is 1. The molecule has 0 saturated heterocycles. The molecule has 8 heteroatoms. The van der Waals surface area contributed by atoms with Crippen LogP contribution in [0.25, 0.3) is 0 Å². The van der Waals surface area contributed by atoms with Crippen LogP contribution in [0, 0.1) is 11.3 Å². The summed E-state index contributed by atoms with van der Waals surface area (Å²) < 4.78 is 26.8. The summed E-state index contributed by atoms with van der Waals surface area (Å²) in [5, 5.41) is 13.0. The molecular weight excluding hydrogens is 330 g/mol. The van der Waals surface area contributed by atoms with Crippen molar-refractivity contribution in [3.8, 4) is 6.07 Å². The fourth-order valence-electron chi connectivity index (χ4n) is 1.75. The number of nitrogens with zero attached hydrogens (tertiary/aromatic N) is 2. The summed E-state index contributed by atoms with van der Waals surface area (Å²) in [7, 11) is -3.20. The Kier molecular flexibility index (Phi) is 4.52. The molecule has 0 fully saturated rings. The summed E-state index contributed by atoms with van der Waals surface area (Å²) in [5.41, 5.74) is 1.22. The molecular formula is C13H12ClN3O2S2. The zero-order valence-corrected chi connectivity index (χ0v) is 13.7. The van der Waals surface area contributed by atoms with Gasteiger partial charge in [0.2, 0.25) is 0 Å². The number of rotatable bonds is 4. The lowest BCUT2D eigenvalue weighted by molar-refractivity contribution is 0.602. The number of sulfone groups is 1. The van der Waals surface area contributed by atoms with Gasteiger partial charge >= 0.3 is 0 Å². The summed E-state index contributed by atoms with van der Waals surface area (Å²) in [5.74, 6) is 0. The molecule has 1 heterocycles. The van der Waals surface area contributed by atoms with Crippen LogP contribution in [0.3, 0.4) is 0 Å². The first-order valence-corrected chi connectivity index (χ1v) is 8.99. The molecule has 2 aromatic rings. The van der Waals surface area contributed by atoms with Gasteiger partial charge in [0, 0.05) is 12.3 Å². The highest BCUT2D eigenvalue weighted by molar-refractivity contribution is 7.90. The van der Waals surface area contributed by atoms with Gasteiger partial charge in [0.1, 0.15) is 16.6 Å². The molecule has 110 valence electrons. The molecule has 1 aromatic heterocycles. The highest BCUT2D eigenvalue weighted by atomic mass is 35.5. The average Bonchev–Trinajstić information content (AvgIpc) is 2.78. The van der Waals surface area contributed by atoms with Gasteiger partial charge in [-0.05, 0) is 36.2 Å². The Morgan fingerprint density at radius 3 is 2.52 bits per heavy atom. The van der Waals surface area contributed by atoms with Crippen molar-refractivity contribution in [1.29, 1.82) is 5.26 Å². The Morgan fingerprint density at radius 1 is 1.38 bits per heavy atom. The standard InChI is InChI=1S/C13H12ClN3O2S2/c1-8(16-13-11(7-15)12(14)17-20-13)9-3-5-10(6-4-9)21(2,18)19/h3-6,8,16H,1-2H3/t8-/m0/s1. The van der Waals surface area contributed by atoms with Crippen molar-refractivity contribution in [2.24, 2.45) is 0 Å². The number of nitriles is 1. The summed E-state index contributed by atoms with van der Waals surface area (Å²) in [6, 6.07) is 8.50. The van der Waals surface area contributed by atoms with Gasteiger partial charge in [0.25, 0.3) is 0 Å². The van der Waals surface area contributed by atoms with Crippen molar-refractivity contribution in [2.45, 2.75) is 17.9 Å². The highest BCUT2D eigenvalue weighted by Gasteiger charge is 2.15. The molecule has 1 N–H and O–H groups in total. The Labute approximate surface area is 132 Å². The number of aromatic nitrogens is 1. The largest absolute Gasteiger partial charge is 0.368 e. The van der Waals surface area contributed by atoms with E-state index in [0.717, 1.165) is 17.1 Å². The summed E-state index contributed by atoms with van der Waals surface area (Å²) in [6.07, 6.45) is 1.17. The Morgan fingerprint density at radius 2 is 2.00 bits per heavy atom. The van der Waals surface area contributed by atoms with Crippen LogP contribution in [-0.4, -0.2) is 19.0 Å². The minimum Gasteiger partial charge on any atom is -0.368 e. The van der Waals surface area contributed by atoms with Gasteiger partial charge in [0.15, 0.2) is 15.0 Å². The lowest BCUT2D eigenvalue weighted by Gasteiger charge is -2.14. The van der Waals surface area contributed by atoms with Gasteiger partial charge in [-0.25, -0.2) is 8.42 Å². The zero-order valence-electron chi connectivity index (χ0n) is 11.3. The fraction of sp³-hybridized carbons (Fsp3) is 0.231. The van der Waals surface area contributed by atoms with Gasteiger partial charge < -0.3 is 5.32 Å². The topological polar surface area (TPSA) is 82.8 Å². The maximum Gasteiger partial charge on any atom is 0.175 e. The first kappa shape index (κ1) is 15.8. The molecule has 0 amide bonds. The number of benzene rings is 1. The van der Waals surface area contributed by atoms with Crippen molar-refractivity contribution in [1.82, 2.24) is 4.37 Å². The number of halogens is 1. The fourth-order valence-corrected chi connectivity index (χ4v) is 3.40. The molecule has 2 rings (SSSR count). The van der Waals surface area contributed by atoms with Crippen molar-refractivity contribution < 1.29 is 8.42 Å². The van der Waals surface area contributed by atoms with Crippen LogP contribution in [0.4, 0.5) is 5.00 Å². The maximum absolute atomic E-state index is 11.4. The molecule has 0 spiro atoms. The van der Waals surface area contributed by atoms with Gasteiger partial charge in [-0.3, -0.25) is 0 Å². The van der Waals surface area contributed by atoms with Crippen molar-refractivity contribution in [3.05, 3.63) is 40.5 Å². The second kappa shape index (κ2) is 6.02. The second-order valence-corrected chi connectivity index (χ2v) is 7.64. The monoisotopic (exact) mass is 341 g/mol. The lowest BCUT2D eigenvalue weighted by atomic mass is 10.1.